The Morgan fingerprint density at radius 3 is 2.72 bits per heavy atom. The number of nitrogens with one attached hydrogen (secondary N) is 1. The zero-order chi connectivity index (χ0) is 21.3. The molecule has 8 heteroatoms. The molecular formula is C21H21ClN4O3. The lowest BCUT2D eigenvalue weighted by Crippen LogP contribution is -2.28. The van der Waals surface area contributed by atoms with E-state index in [9.17, 15) is 10.1 Å². The van der Waals surface area contributed by atoms with Crippen LogP contribution in [0.4, 0.5) is 5.69 Å². The fraction of sp³-hybridized carbons (Fsp3) is 0.286. The van der Waals surface area contributed by atoms with Crippen LogP contribution >= 0.6 is 11.6 Å². The van der Waals surface area contributed by atoms with Gasteiger partial charge < -0.3 is 20.5 Å². The largest absolute Gasteiger partial charge is 0.496 e. The number of amides is 1. The minimum absolute atomic E-state index is 0.350. The summed E-state index contributed by atoms with van der Waals surface area (Å²) in [6, 6.07) is 7.12. The summed E-state index contributed by atoms with van der Waals surface area (Å²) < 4.78 is 11.3. The lowest BCUT2D eigenvalue weighted by molar-refractivity contribution is -0.114. The monoisotopic (exact) mass is 412 g/mol. The van der Waals surface area contributed by atoms with Crippen LogP contribution in [0.3, 0.4) is 0 Å². The molecule has 0 saturated heterocycles. The Kier molecular flexibility index (Phi) is 5.66. The van der Waals surface area contributed by atoms with Gasteiger partial charge in [-0.3, -0.25) is 4.79 Å². The van der Waals surface area contributed by atoms with Gasteiger partial charge >= 0.3 is 0 Å². The van der Waals surface area contributed by atoms with Gasteiger partial charge in [-0.2, -0.15) is 5.26 Å². The van der Waals surface area contributed by atoms with Crippen molar-refractivity contribution in [2.24, 2.45) is 5.73 Å². The number of nitriles is 1. The van der Waals surface area contributed by atoms with Crippen LogP contribution in [0.5, 0.6) is 11.6 Å². The fourth-order valence-electron chi connectivity index (χ4n) is 3.58. The van der Waals surface area contributed by atoms with Crippen molar-refractivity contribution in [3.8, 4) is 17.7 Å². The molecule has 7 nitrogen and oxygen atoms in total. The van der Waals surface area contributed by atoms with E-state index in [1.165, 1.54) is 7.11 Å². The molecule has 1 aliphatic heterocycles. The Morgan fingerprint density at radius 1 is 1.41 bits per heavy atom. The van der Waals surface area contributed by atoms with Gasteiger partial charge in [0.15, 0.2) is 0 Å². The molecule has 0 bridgehead atoms. The highest BCUT2D eigenvalue weighted by Crippen LogP contribution is 2.50. The predicted molar refractivity (Wildman–Crippen MR) is 110 cm³/mol. The molecule has 0 radical (unpaired) electrons. The van der Waals surface area contributed by atoms with Crippen LogP contribution in [0, 0.1) is 18.3 Å². The number of carbonyl (C=O) groups excluding carboxylic acids is 1. The number of rotatable bonds is 5. The molecule has 1 aromatic heterocycles. The number of nitrogens with zero attached hydrogens (tertiary/aromatic N) is 2. The molecule has 0 fully saturated rings. The molecule has 1 amide bonds. The minimum Gasteiger partial charge on any atom is -0.496 e. The predicted octanol–water partition coefficient (Wildman–Crippen LogP) is 3.64. The second kappa shape index (κ2) is 8.02. The SMILES string of the molecule is CCOc1nc(C)c(Cl)c2c1[C@H](c1ccc(C#N)cc1OC)C(C(N)=O)=C(C)N2. The molecule has 150 valence electrons. The van der Waals surface area contributed by atoms with Gasteiger partial charge in [-0.1, -0.05) is 17.7 Å². The van der Waals surface area contributed by atoms with Crippen LogP contribution < -0.4 is 20.5 Å². The van der Waals surface area contributed by atoms with Crippen LogP contribution in [0.1, 0.15) is 42.1 Å². The zero-order valence-corrected chi connectivity index (χ0v) is 17.3. The van der Waals surface area contributed by atoms with Crippen LogP contribution in [0.15, 0.2) is 29.5 Å². The number of hydrogen-bond donors (Lipinski definition) is 2. The summed E-state index contributed by atoms with van der Waals surface area (Å²) in [5.41, 5.74) is 9.60. The summed E-state index contributed by atoms with van der Waals surface area (Å²) in [6.07, 6.45) is 0. The standard InChI is InChI=1S/C21H21ClN4O3/c1-5-29-21-17-16(13-7-6-12(9-23)8-14(13)28-4)15(20(24)27)10(2)25-19(17)18(22)11(3)26-21/h6-8,16,25H,5H2,1-4H3,(H2,24,27)/t16-/m1/s1. The van der Waals surface area contributed by atoms with Crippen molar-refractivity contribution in [1.82, 2.24) is 4.98 Å². The Bertz CT molecular complexity index is 1070. The van der Waals surface area contributed by atoms with Crippen molar-refractivity contribution in [3.63, 3.8) is 0 Å². The van der Waals surface area contributed by atoms with Crippen LogP contribution in [-0.2, 0) is 4.79 Å². The maximum absolute atomic E-state index is 12.4. The number of ether oxygens (including phenoxy) is 2. The minimum atomic E-state index is -0.626. The van der Waals surface area contributed by atoms with E-state index in [-0.39, 0.29) is 0 Å². The summed E-state index contributed by atoms with van der Waals surface area (Å²) >= 11 is 6.56. The highest BCUT2D eigenvalue weighted by molar-refractivity contribution is 6.34. The number of nitrogens with two attached hydrogens (primary N) is 1. The smallest absolute Gasteiger partial charge is 0.247 e. The molecule has 0 spiro atoms. The zero-order valence-electron chi connectivity index (χ0n) is 16.6. The number of hydrogen-bond acceptors (Lipinski definition) is 6. The number of primary amides is 1. The van der Waals surface area contributed by atoms with E-state index >= 15 is 0 Å². The molecule has 0 aliphatic carbocycles. The van der Waals surface area contributed by atoms with Crippen LogP contribution in [0.25, 0.3) is 0 Å². The third-order valence-electron chi connectivity index (χ3n) is 4.82. The van der Waals surface area contributed by atoms with E-state index in [0.717, 1.165) is 0 Å². The van der Waals surface area contributed by atoms with Crippen molar-refractivity contribution in [3.05, 3.63) is 56.9 Å². The maximum atomic E-state index is 12.4. The molecule has 2 heterocycles. The summed E-state index contributed by atoms with van der Waals surface area (Å²) in [6.45, 7) is 5.78. The van der Waals surface area contributed by atoms with Gasteiger partial charge in [0.05, 0.1) is 53.2 Å². The van der Waals surface area contributed by atoms with Gasteiger partial charge in [-0.25, -0.2) is 4.98 Å². The van der Waals surface area contributed by atoms with Crippen LogP contribution in [0.2, 0.25) is 5.02 Å². The molecule has 3 N–H and O–H groups in total. The number of aryl methyl sites for hydroxylation is 1. The first-order valence-electron chi connectivity index (χ1n) is 9.02. The Hall–Kier alpha value is -3.24. The molecule has 1 aliphatic rings. The van der Waals surface area contributed by atoms with Crippen LogP contribution in [-0.4, -0.2) is 24.6 Å². The summed E-state index contributed by atoms with van der Waals surface area (Å²) in [5.74, 6) is -0.401. The first-order chi connectivity index (χ1) is 13.8. The lowest BCUT2D eigenvalue weighted by Gasteiger charge is -2.32. The lowest BCUT2D eigenvalue weighted by atomic mass is 9.80. The molecule has 0 saturated carbocycles. The van der Waals surface area contributed by atoms with Crippen molar-refractivity contribution in [2.75, 3.05) is 19.0 Å². The fourth-order valence-corrected chi connectivity index (χ4v) is 3.77. The van der Waals surface area contributed by atoms with Gasteiger partial charge in [0.1, 0.15) is 5.75 Å². The van der Waals surface area contributed by atoms with E-state index in [2.05, 4.69) is 16.4 Å². The van der Waals surface area contributed by atoms with E-state index in [1.807, 2.05) is 6.92 Å². The quantitative estimate of drug-likeness (QED) is 0.775. The number of halogens is 1. The summed E-state index contributed by atoms with van der Waals surface area (Å²) in [7, 11) is 1.51. The number of allylic oxidation sites excluding steroid dienone is 1. The van der Waals surface area contributed by atoms with Crippen molar-refractivity contribution in [1.29, 1.82) is 5.26 Å². The Labute approximate surface area is 174 Å². The van der Waals surface area contributed by atoms with Gasteiger partial charge in [0.2, 0.25) is 11.8 Å². The van der Waals surface area contributed by atoms with Crippen molar-refractivity contribution in [2.45, 2.75) is 26.7 Å². The number of benzene rings is 1. The van der Waals surface area contributed by atoms with E-state index in [0.29, 0.717) is 62.6 Å². The number of methoxy groups -OCH3 is 1. The normalized spacial score (nSPS) is 15.2. The molecule has 1 aromatic carbocycles. The van der Waals surface area contributed by atoms with Gasteiger partial charge in [0.25, 0.3) is 0 Å². The molecule has 3 rings (SSSR count). The summed E-state index contributed by atoms with van der Waals surface area (Å²) in [5, 5.41) is 12.9. The third kappa shape index (κ3) is 3.47. The second-order valence-electron chi connectivity index (χ2n) is 6.57. The molecular weight excluding hydrogens is 392 g/mol. The first-order valence-corrected chi connectivity index (χ1v) is 9.40. The Morgan fingerprint density at radius 2 is 2.14 bits per heavy atom. The average Bonchev–Trinajstić information content (AvgIpc) is 2.70. The topological polar surface area (TPSA) is 110 Å². The number of carbonyl (C=O) groups is 1. The first kappa shape index (κ1) is 20.5. The maximum Gasteiger partial charge on any atom is 0.247 e. The number of anilines is 1. The number of aromatic nitrogens is 1. The van der Waals surface area contributed by atoms with Crippen molar-refractivity contribution < 1.29 is 14.3 Å². The second-order valence-corrected chi connectivity index (χ2v) is 6.95. The number of fused-ring (bicyclic) bond motifs is 1. The van der Waals surface area contributed by atoms with Gasteiger partial charge in [-0.05, 0) is 32.9 Å². The van der Waals surface area contributed by atoms with Gasteiger partial charge in [0, 0.05) is 16.8 Å². The average molecular weight is 413 g/mol. The summed E-state index contributed by atoms with van der Waals surface area (Å²) in [4.78, 5) is 16.9. The van der Waals surface area contributed by atoms with E-state index in [1.54, 1.807) is 32.0 Å². The molecule has 29 heavy (non-hydrogen) atoms. The highest BCUT2D eigenvalue weighted by atomic mass is 35.5. The highest BCUT2D eigenvalue weighted by Gasteiger charge is 2.37. The van der Waals surface area contributed by atoms with Gasteiger partial charge in [-0.15, -0.1) is 0 Å². The Balaban J connectivity index is 2.40. The number of pyridine rings is 1. The van der Waals surface area contributed by atoms with E-state index < -0.39 is 11.8 Å². The van der Waals surface area contributed by atoms with E-state index in [4.69, 9.17) is 26.8 Å². The molecule has 2 aromatic rings. The molecule has 0 unspecified atom stereocenters. The van der Waals surface area contributed by atoms with Crippen molar-refractivity contribution >= 4 is 23.2 Å². The third-order valence-corrected chi connectivity index (χ3v) is 5.28. The molecule has 1 atom stereocenters.